The Morgan fingerprint density at radius 2 is 1.84 bits per heavy atom. The van der Waals surface area contributed by atoms with E-state index in [1.54, 1.807) is 15.8 Å². The number of rotatable bonds is 5. The van der Waals surface area contributed by atoms with Crippen LogP contribution in [0.2, 0.25) is 0 Å². The van der Waals surface area contributed by atoms with Gasteiger partial charge < -0.3 is 14.8 Å². The van der Waals surface area contributed by atoms with Gasteiger partial charge in [-0.3, -0.25) is 9.59 Å². The maximum atomic E-state index is 14.9. The Morgan fingerprint density at radius 3 is 2.58 bits per heavy atom. The number of aromatic amines is 1. The number of pyridine rings is 1. The number of H-pyrrole nitrogens is 1. The average molecular weight is 513 g/mol. The maximum Gasteiger partial charge on any atom is 0.295 e. The van der Waals surface area contributed by atoms with E-state index in [0.717, 1.165) is 24.7 Å². The molecule has 190 valence electrons. The largest absolute Gasteiger partial charge is 0.357 e. The lowest BCUT2D eigenvalue weighted by Crippen LogP contribution is -2.57. The Labute approximate surface area is 213 Å². The highest BCUT2D eigenvalue weighted by Crippen LogP contribution is 2.34. The van der Waals surface area contributed by atoms with Crippen LogP contribution in [0, 0.1) is 5.82 Å². The number of carbonyl (C=O) groups is 2. The molecule has 2 bridgehead atoms. The molecule has 2 saturated heterocycles. The Bertz CT molecular complexity index is 1650. The van der Waals surface area contributed by atoms with E-state index in [1.807, 2.05) is 35.2 Å². The quantitative estimate of drug-likeness (QED) is 0.272. The van der Waals surface area contributed by atoms with Gasteiger partial charge >= 0.3 is 0 Å². The molecule has 13 nitrogen and oxygen atoms in total. The van der Waals surface area contributed by atoms with Crippen LogP contribution in [-0.4, -0.2) is 86.9 Å². The zero-order valence-electron chi connectivity index (χ0n) is 19.8. The summed E-state index contributed by atoms with van der Waals surface area (Å²) >= 11 is 0. The Morgan fingerprint density at radius 1 is 1.05 bits per heavy atom. The van der Waals surface area contributed by atoms with Crippen molar-refractivity contribution in [2.75, 3.05) is 18.0 Å². The van der Waals surface area contributed by atoms with E-state index in [9.17, 15) is 14.0 Å². The molecule has 0 aliphatic carbocycles. The number of aromatic nitrogens is 9. The van der Waals surface area contributed by atoms with Gasteiger partial charge in [0, 0.05) is 19.3 Å². The molecule has 0 saturated carbocycles. The molecule has 1 aromatic carbocycles. The summed E-state index contributed by atoms with van der Waals surface area (Å²) in [4.78, 5) is 37.7. The van der Waals surface area contributed by atoms with Gasteiger partial charge in [0.05, 0.1) is 52.8 Å². The molecule has 2 fully saturated rings. The minimum atomic E-state index is -0.773. The van der Waals surface area contributed by atoms with Crippen LogP contribution >= 0.6 is 0 Å². The second-order valence-corrected chi connectivity index (χ2v) is 9.29. The van der Waals surface area contributed by atoms with Crippen molar-refractivity contribution in [3.63, 3.8) is 0 Å². The van der Waals surface area contributed by atoms with E-state index in [-0.39, 0.29) is 34.4 Å². The SMILES string of the molecule is O=C(C(=O)N1[C@@H]2CC[C@H]1CN(c1nnnn1-c1ccccc1)C2)c1c[nH]c2c(-n3ccnn3)ncc(F)c12. The molecule has 38 heavy (non-hydrogen) atoms. The van der Waals surface area contributed by atoms with Crippen LogP contribution in [0.4, 0.5) is 10.3 Å². The molecule has 0 radical (unpaired) electrons. The standard InChI is InChI=1S/C24H20FN11O2/c25-18-11-27-22(34-9-8-28-31-34)20-19(18)17(10-26-20)21(37)23(38)35-15-6-7-16(35)13-33(12-15)24-29-30-32-36(24)14-4-2-1-3-5-14/h1-5,8-11,15-16,26H,6-7,12-13H2/t15-,16+. The van der Waals surface area contributed by atoms with E-state index in [4.69, 9.17) is 0 Å². The highest BCUT2D eigenvalue weighted by molar-refractivity contribution is 6.45. The van der Waals surface area contributed by atoms with Gasteiger partial charge in [-0.15, -0.1) is 5.10 Å². The van der Waals surface area contributed by atoms with E-state index in [0.29, 0.717) is 19.0 Å². The van der Waals surface area contributed by atoms with Gasteiger partial charge in [0.1, 0.15) is 0 Å². The lowest BCUT2D eigenvalue weighted by Gasteiger charge is -2.40. The number of Topliss-reactive ketones (excluding diaryl/α,β-unsaturated/α-hetero) is 1. The molecule has 0 unspecified atom stereocenters. The highest BCUT2D eigenvalue weighted by atomic mass is 19.1. The lowest BCUT2D eigenvalue weighted by molar-refractivity contribution is -0.129. The van der Waals surface area contributed by atoms with Crippen LogP contribution in [0.3, 0.4) is 0 Å². The summed E-state index contributed by atoms with van der Waals surface area (Å²) < 4.78 is 17.9. The molecule has 1 amide bonds. The number of ketones is 1. The van der Waals surface area contributed by atoms with E-state index >= 15 is 0 Å². The monoisotopic (exact) mass is 513 g/mol. The number of carbonyl (C=O) groups excluding carboxylic acids is 2. The van der Waals surface area contributed by atoms with Gasteiger partial charge in [-0.25, -0.2) is 14.1 Å². The summed E-state index contributed by atoms with van der Waals surface area (Å²) in [5.41, 5.74) is 1.04. The van der Waals surface area contributed by atoms with Crippen molar-refractivity contribution in [3.8, 4) is 11.5 Å². The maximum absolute atomic E-state index is 14.9. The van der Waals surface area contributed by atoms with Crippen LogP contribution in [-0.2, 0) is 4.79 Å². The number of hydrogen-bond donors (Lipinski definition) is 1. The molecule has 2 atom stereocenters. The van der Waals surface area contributed by atoms with Crippen molar-refractivity contribution in [2.24, 2.45) is 0 Å². The number of nitrogens with zero attached hydrogens (tertiary/aromatic N) is 10. The second kappa shape index (κ2) is 8.54. The molecule has 1 N–H and O–H groups in total. The Balaban J connectivity index is 1.16. The number of halogens is 1. The van der Waals surface area contributed by atoms with E-state index in [2.05, 4.69) is 35.8 Å². The summed E-state index contributed by atoms with van der Waals surface area (Å²) in [5, 5.41) is 19.9. The molecule has 5 aromatic rings. The highest BCUT2D eigenvalue weighted by Gasteiger charge is 2.46. The summed E-state index contributed by atoms with van der Waals surface area (Å²) in [7, 11) is 0. The fourth-order valence-corrected chi connectivity index (χ4v) is 5.51. The normalized spacial score (nSPS) is 18.9. The summed E-state index contributed by atoms with van der Waals surface area (Å²) in [5.74, 6) is -1.28. The minimum Gasteiger partial charge on any atom is -0.357 e. The van der Waals surface area contributed by atoms with Crippen molar-refractivity contribution >= 4 is 28.5 Å². The molecule has 6 heterocycles. The molecule has 14 heteroatoms. The number of hydrogen-bond acceptors (Lipinski definition) is 9. The van der Waals surface area contributed by atoms with Gasteiger partial charge in [-0.2, -0.15) is 4.68 Å². The number of benzene rings is 1. The number of anilines is 1. The van der Waals surface area contributed by atoms with Crippen LogP contribution in [0.15, 0.2) is 55.1 Å². The smallest absolute Gasteiger partial charge is 0.295 e. The van der Waals surface area contributed by atoms with Gasteiger partial charge in [0.25, 0.3) is 17.6 Å². The topological polar surface area (TPSA) is 144 Å². The Hall–Kier alpha value is -5.01. The summed E-state index contributed by atoms with van der Waals surface area (Å²) in [6.07, 6.45) is 6.86. The number of amides is 1. The Kier molecular flexibility index (Phi) is 4.99. The minimum absolute atomic E-state index is 0.00290. The van der Waals surface area contributed by atoms with E-state index in [1.165, 1.54) is 17.1 Å². The molecular weight excluding hydrogens is 493 g/mol. The number of nitrogens with one attached hydrogen (secondary N) is 1. The van der Waals surface area contributed by atoms with Crippen molar-refractivity contribution in [1.29, 1.82) is 0 Å². The van der Waals surface area contributed by atoms with Crippen LogP contribution < -0.4 is 4.90 Å². The van der Waals surface area contributed by atoms with Gasteiger partial charge in [0.2, 0.25) is 0 Å². The predicted octanol–water partition coefficient (Wildman–Crippen LogP) is 1.32. The first kappa shape index (κ1) is 22.2. The third kappa shape index (κ3) is 3.37. The third-order valence-electron chi connectivity index (χ3n) is 7.17. The number of fused-ring (bicyclic) bond motifs is 3. The first-order chi connectivity index (χ1) is 18.6. The van der Waals surface area contributed by atoms with Gasteiger partial charge in [-0.1, -0.05) is 28.5 Å². The van der Waals surface area contributed by atoms with Gasteiger partial charge in [-0.05, 0) is 35.4 Å². The molecule has 4 aromatic heterocycles. The summed E-state index contributed by atoms with van der Waals surface area (Å²) in [6, 6.07) is 9.16. The molecule has 0 spiro atoms. The molecular formula is C24H20FN11O2. The molecule has 2 aliphatic heterocycles. The fourth-order valence-electron chi connectivity index (χ4n) is 5.51. The first-order valence-corrected chi connectivity index (χ1v) is 12.1. The van der Waals surface area contributed by atoms with Crippen LogP contribution in [0.1, 0.15) is 23.2 Å². The average Bonchev–Trinajstić information content (AvgIpc) is 3.75. The summed E-state index contributed by atoms with van der Waals surface area (Å²) in [6.45, 7) is 0.955. The van der Waals surface area contributed by atoms with Crippen LogP contribution in [0.25, 0.3) is 22.4 Å². The number of para-hydroxylation sites is 1. The predicted molar refractivity (Wildman–Crippen MR) is 130 cm³/mol. The third-order valence-corrected chi connectivity index (χ3v) is 7.17. The molecule has 7 rings (SSSR count). The second-order valence-electron chi connectivity index (χ2n) is 9.29. The fraction of sp³-hybridized carbons (Fsp3) is 0.250. The van der Waals surface area contributed by atoms with Crippen molar-refractivity contribution in [2.45, 2.75) is 24.9 Å². The molecule has 2 aliphatic rings. The van der Waals surface area contributed by atoms with Crippen molar-refractivity contribution in [3.05, 3.63) is 66.5 Å². The zero-order valence-corrected chi connectivity index (χ0v) is 19.8. The lowest BCUT2D eigenvalue weighted by atomic mass is 10.1. The number of tetrazole rings is 1. The van der Waals surface area contributed by atoms with E-state index < -0.39 is 17.5 Å². The zero-order chi connectivity index (χ0) is 25.8. The van der Waals surface area contributed by atoms with Crippen LogP contribution in [0.5, 0.6) is 0 Å². The first-order valence-electron chi connectivity index (χ1n) is 12.1. The number of piperazine rings is 1. The van der Waals surface area contributed by atoms with Crippen molar-refractivity contribution in [1.82, 2.24) is 50.1 Å². The van der Waals surface area contributed by atoms with Crippen molar-refractivity contribution < 1.29 is 14.0 Å². The van der Waals surface area contributed by atoms with Gasteiger partial charge in [0.15, 0.2) is 11.6 Å².